The minimum atomic E-state index is -1.73. The third-order valence-electron chi connectivity index (χ3n) is 12.7. The molecule has 6 amide bonds. The predicted molar refractivity (Wildman–Crippen MR) is 278 cm³/mol. The molecule has 1 aliphatic heterocycles. The summed E-state index contributed by atoms with van der Waals surface area (Å²) in [5.74, 6) is -10.7. The van der Waals surface area contributed by atoms with Crippen molar-refractivity contribution >= 4 is 81.6 Å². The van der Waals surface area contributed by atoms with Crippen LogP contribution in [0.15, 0.2) is 70.8 Å². The molecule has 0 spiro atoms. The molecule has 24 heteroatoms. The number of Topliss-reactive ketones (excluding diaryl/α,β-unsaturated/α-hetero) is 3. The normalized spacial score (nSPS) is 21.3. The van der Waals surface area contributed by atoms with Crippen molar-refractivity contribution in [2.75, 3.05) is 13.1 Å². The van der Waals surface area contributed by atoms with Gasteiger partial charge < -0.3 is 65.3 Å². The number of hydrogen-bond donors (Lipinski definition) is 12. The molecule has 406 valence electrons. The van der Waals surface area contributed by atoms with Crippen molar-refractivity contribution in [2.24, 2.45) is 50.5 Å². The number of aromatic nitrogens is 1. The van der Waals surface area contributed by atoms with E-state index in [1.807, 2.05) is 24.3 Å². The summed E-state index contributed by atoms with van der Waals surface area (Å²) >= 11 is 0. The first-order chi connectivity index (χ1) is 35.7. The van der Waals surface area contributed by atoms with Gasteiger partial charge in [-0.2, -0.15) is 0 Å². The first-order valence-electron chi connectivity index (χ1n) is 25.0. The van der Waals surface area contributed by atoms with Crippen molar-refractivity contribution in [2.45, 2.75) is 133 Å². The molecule has 24 nitrogen and oxygen atoms in total. The summed E-state index contributed by atoms with van der Waals surface area (Å²) in [6, 6.07) is 8.59. The number of H-pyrrole nitrogens is 1. The summed E-state index contributed by atoms with van der Waals surface area (Å²) in [4.78, 5) is 148. The molecule has 0 radical (unpaired) electrons. The number of amides is 6. The highest BCUT2D eigenvalue weighted by Gasteiger charge is 2.36. The van der Waals surface area contributed by atoms with Gasteiger partial charge in [0, 0.05) is 74.6 Å². The van der Waals surface area contributed by atoms with Crippen LogP contribution < -0.4 is 55.3 Å². The molecule has 1 aliphatic rings. The average molecular weight is 1040 g/mol. The quantitative estimate of drug-likeness (QED) is 0.0436. The van der Waals surface area contributed by atoms with E-state index in [-0.39, 0.29) is 108 Å². The number of primary amides is 1. The lowest BCUT2D eigenvalue weighted by molar-refractivity contribution is -0.143. The summed E-state index contributed by atoms with van der Waals surface area (Å²) in [7, 11) is 0. The van der Waals surface area contributed by atoms with Crippen molar-refractivity contribution in [3.8, 4) is 0 Å². The molecule has 0 bridgehead atoms. The number of aliphatic imine (C=N–C) groups is 2. The number of guanidine groups is 2. The molecule has 17 N–H and O–H groups in total. The fraction of sp³-hybridized carbons (Fsp3) is 0.490. The Kier molecular flexibility index (Phi) is 23.8. The number of benzene rings is 2. The van der Waals surface area contributed by atoms with Crippen LogP contribution in [0.4, 0.5) is 0 Å². The zero-order valence-corrected chi connectivity index (χ0v) is 42.1. The summed E-state index contributed by atoms with van der Waals surface area (Å²) in [5, 5.41) is 23.9. The molecule has 7 atom stereocenters. The van der Waals surface area contributed by atoms with E-state index in [2.05, 4.69) is 41.6 Å². The fourth-order valence-electron chi connectivity index (χ4n) is 8.80. The number of carbonyl (C=O) groups excluding carboxylic acids is 9. The number of aromatic amines is 1. The highest BCUT2D eigenvalue weighted by Crippen LogP contribution is 2.26. The van der Waals surface area contributed by atoms with Gasteiger partial charge in [-0.1, -0.05) is 55.0 Å². The Morgan fingerprint density at radius 2 is 1.37 bits per heavy atom. The maximum absolute atomic E-state index is 14.7. The van der Waals surface area contributed by atoms with Crippen LogP contribution in [0.3, 0.4) is 0 Å². The van der Waals surface area contributed by atoms with Crippen molar-refractivity contribution < 1.29 is 53.1 Å². The largest absolute Gasteiger partial charge is 0.480 e. The molecule has 0 unspecified atom stereocenters. The molecule has 1 aromatic heterocycles. The van der Waals surface area contributed by atoms with Gasteiger partial charge >= 0.3 is 5.97 Å². The first-order valence-corrected chi connectivity index (χ1v) is 25.0. The van der Waals surface area contributed by atoms with E-state index >= 15 is 0 Å². The van der Waals surface area contributed by atoms with E-state index in [9.17, 15) is 53.1 Å². The van der Waals surface area contributed by atoms with Crippen LogP contribution in [0.5, 0.6) is 0 Å². The summed E-state index contributed by atoms with van der Waals surface area (Å²) in [6.07, 6.45) is -0.0478. The molecule has 0 aliphatic carbocycles. The average Bonchev–Trinajstić information content (AvgIpc) is 3.76. The number of nitrogens with zero attached hydrogens (tertiary/aromatic N) is 2. The molecule has 4 rings (SSSR count). The summed E-state index contributed by atoms with van der Waals surface area (Å²) < 4.78 is 0. The lowest BCUT2D eigenvalue weighted by atomic mass is 9.83. The van der Waals surface area contributed by atoms with Gasteiger partial charge in [-0.05, 0) is 75.0 Å². The minimum absolute atomic E-state index is 0.00548. The Morgan fingerprint density at radius 3 is 2.04 bits per heavy atom. The maximum Gasteiger partial charge on any atom is 0.326 e. The highest BCUT2D eigenvalue weighted by atomic mass is 16.4. The fourth-order valence-corrected chi connectivity index (χ4v) is 8.80. The summed E-state index contributed by atoms with van der Waals surface area (Å²) in [5.41, 5.74) is 29.6. The second-order valence-corrected chi connectivity index (χ2v) is 18.7. The Balaban J connectivity index is 1.77. The van der Waals surface area contributed by atoms with E-state index < -0.39 is 114 Å². The van der Waals surface area contributed by atoms with E-state index in [4.69, 9.17) is 28.7 Å². The Morgan fingerprint density at radius 1 is 0.720 bits per heavy atom. The zero-order valence-electron chi connectivity index (χ0n) is 42.1. The van der Waals surface area contributed by atoms with Gasteiger partial charge in [0.25, 0.3) is 0 Å². The van der Waals surface area contributed by atoms with Crippen molar-refractivity contribution in [3.05, 3.63) is 71.9 Å². The Labute approximate surface area is 434 Å². The number of carboxylic acid groups (broad SMARTS) is 1. The third kappa shape index (κ3) is 20.7. The van der Waals surface area contributed by atoms with Crippen molar-refractivity contribution in [1.29, 1.82) is 0 Å². The molecular weight excluding hydrogens is 971 g/mol. The third-order valence-corrected chi connectivity index (χ3v) is 12.7. The van der Waals surface area contributed by atoms with Crippen LogP contribution >= 0.6 is 0 Å². The molecule has 1 saturated heterocycles. The van der Waals surface area contributed by atoms with Gasteiger partial charge in [0.1, 0.15) is 35.7 Å². The summed E-state index contributed by atoms with van der Waals surface area (Å²) in [6.45, 7) is 1.36. The van der Waals surface area contributed by atoms with Gasteiger partial charge in [0.15, 0.2) is 17.7 Å². The van der Waals surface area contributed by atoms with Crippen LogP contribution in [0.2, 0.25) is 0 Å². The lowest BCUT2D eigenvalue weighted by Gasteiger charge is -2.27. The van der Waals surface area contributed by atoms with Gasteiger partial charge in [0.2, 0.25) is 35.4 Å². The van der Waals surface area contributed by atoms with Crippen molar-refractivity contribution in [3.63, 3.8) is 0 Å². The minimum Gasteiger partial charge on any atom is -0.480 e. The molecule has 75 heavy (non-hydrogen) atoms. The number of aliphatic carboxylic acids is 1. The number of rotatable bonds is 18. The standard InChI is InChI=1S/C51H71N13O11/c1-29(65)60-37(18-10-22-58-51(55)56)46(71)61-38-20-19-34(66)14-5-7-17-39(49(74)75)62-45(70)32(24-33-28-59-36-16-8-6-15-35(33)36)26-42(67)31(13-9-21-57-50(53)54)25-43(68)40(23-30-11-3-2-4-12-30)63-48(73)41(27-44(52)69)64-47(38)72/h2-4,6,8,11-12,15-16,28,31-32,37-41,59H,5,7,9-10,13-14,17-27H2,1H3,(H2,52,69)(H,60,65)(H,61,71)(H,62,70)(H,63,73)(H,64,72)(H,74,75)(H4,53,54,57)(H4,55,56,58)/t31-,32-,37+,38+,39+,40-,41+/m1/s1. The second-order valence-electron chi connectivity index (χ2n) is 18.7. The number of nitrogens with two attached hydrogens (primary N) is 5. The van der Waals surface area contributed by atoms with Gasteiger partial charge in [0.05, 0.1) is 12.5 Å². The predicted octanol–water partition coefficient (Wildman–Crippen LogP) is -0.462. The van der Waals surface area contributed by atoms with Crippen LogP contribution in [-0.2, 0) is 60.8 Å². The number of carboxylic acids is 1. The van der Waals surface area contributed by atoms with Crippen LogP contribution in [-0.4, -0.2) is 124 Å². The van der Waals surface area contributed by atoms with E-state index in [0.717, 1.165) is 10.9 Å². The maximum atomic E-state index is 14.7. The SMILES string of the molecule is CC(=O)N[C@@H](CCCN=C(N)N)C(=O)N[C@H]1CCC(=O)CCCC[C@@H](C(=O)O)NC(=O)[C@H](Cc2c[nH]c3ccccc23)CC(=O)[C@H](CCCN=C(N)N)CC(=O)[C@@H](Cc2ccccc2)NC(=O)[C@H](CC(N)=O)NC1=O. The zero-order chi connectivity index (χ0) is 55.0. The molecular formula is C51H71N13O11. The van der Waals surface area contributed by atoms with Crippen molar-refractivity contribution in [1.82, 2.24) is 31.6 Å². The molecule has 3 aromatic rings. The Bertz CT molecular complexity index is 2560. The van der Waals surface area contributed by atoms with Crippen LogP contribution in [0.1, 0.15) is 102 Å². The smallest absolute Gasteiger partial charge is 0.326 e. The lowest BCUT2D eigenvalue weighted by Crippen LogP contribution is -2.58. The van der Waals surface area contributed by atoms with Gasteiger partial charge in [-0.15, -0.1) is 0 Å². The number of nitrogens with one attached hydrogen (secondary N) is 6. The number of fused-ring (bicyclic) bond motifs is 1. The van der Waals surface area contributed by atoms with E-state index in [1.165, 1.54) is 6.92 Å². The van der Waals surface area contributed by atoms with Crippen LogP contribution in [0, 0.1) is 11.8 Å². The van der Waals surface area contributed by atoms with Crippen LogP contribution in [0.25, 0.3) is 10.9 Å². The number of hydrogen-bond acceptors (Lipinski definition) is 12. The molecule has 1 fully saturated rings. The van der Waals surface area contributed by atoms with Gasteiger partial charge in [-0.3, -0.25) is 53.1 Å². The number of carbonyl (C=O) groups is 10. The molecule has 2 heterocycles. The second kappa shape index (κ2) is 30.1. The highest BCUT2D eigenvalue weighted by molar-refractivity contribution is 5.99. The molecule has 2 aromatic carbocycles. The topological polar surface area (TPSA) is 422 Å². The van der Waals surface area contributed by atoms with E-state index in [0.29, 0.717) is 11.1 Å². The Hall–Kier alpha value is -8.18. The van der Waals surface area contributed by atoms with E-state index in [1.54, 1.807) is 36.5 Å². The van der Waals surface area contributed by atoms with Gasteiger partial charge in [-0.25, -0.2) is 4.79 Å². The monoisotopic (exact) mass is 1040 g/mol. The number of para-hydroxylation sites is 1. The number of ketones is 3. The molecule has 0 saturated carbocycles. The first kappa shape index (κ1) is 59.4.